The van der Waals surface area contributed by atoms with Crippen molar-refractivity contribution in [3.05, 3.63) is 24.3 Å². The summed E-state index contributed by atoms with van der Waals surface area (Å²) in [6, 6.07) is 0.132. The van der Waals surface area contributed by atoms with E-state index in [0.29, 0.717) is 0 Å². The van der Waals surface area contributed by atoms with Crippen molar-refractivity contribution >= 4 is 0 Å². The lowest BCUT2D eigenvalue weighted by molar-refractivity contribution is 0.532. The van der Waals surface area contributed by atoms with E-state index in [1.807, 2.05) is 0 Å². The fourth-order valence-corrected chi connectivity index (χ4v) is 1.45. The third-order valence-corrected chi connectivity index (χ3v) is 2.57. The van der Waals surface area contributed by atoms with E-state index < -0.39 is 0 Å². The molecule has 0 amide bonds. The van der Waals surface area contributed by atoms with Gasteiger partial charge in [0.05, 0.1) is 0 Å². The molecule has 0 saturated heterocycles. The number of hydrogen-bond donors (Lipinski definition) is 1. The monoisotopic (exact) mass is 195 g/mol. The first-order valence-corrected chi connectivity index (χ1v) is 5.72. The Labute approximate surface area is 89.1 Å². The minimum absolute atomic E-state index is 0.132. The molecule has 2 unspecified atom stereocenters. The van der Waals surface area contributed by atoms with Crippen molar-refractivity contribution in [1.82, 2.24) is 0 Å². The number of hydrogen-bond acceptors (Lipinski definition) is 1. The van der Waals surface area contributed by atoms with E-state index in [9.17, 15) is 0 Å². The largest absolute Gasteiger partial charge is 0.324 e. The van der Waals surface area contributed by atoms with Crippen LogP contribution in [0.2, 0.25) is 0 Å². The molecule has 0 heterocycles. The summed E-state index contributed by atoms with van der Waals surface area (Å²) in [5.41, 5.74) is 6.89. The average molecular weight is 195 g/mol. The second kappa shape index (κ2) is 7.81. The summed E-state index contributed by atoms with van der Waals surface area (Å²) in [7, 11) is 0. The first-order valence-electron chi connectivity index (χ1n) is 5.72. The summed E-state index contributed by atoms with van der Waals surface area (Å²) >= 11 is 0. The van der Waals surface area contributed by atoms with E-state index in [4.69, 9.17) is 5.73 Å². The van der Waals surface area contributed by atoms with E-state index in [-0.39, 0.29) is 6.04 Å². The van der Waals surface area contributed by atoms with E-state index in [1.165, 1.54) is 12.8 Å². The molecule has 0 bridgehead atoms. The molecule has 0 saturated carbocycles. The summed E-state index contributed by atoms with van der Waals surface area (Å²) < 4.78 is 0. The number of rotatable bonds is 7. The van der Waals surface area contributed by atoms with Crippen LogP contribution in [0, 0.1) is 5.92 Å². The van der Waals surface area contributed by atoms with Crippen LogP contribution >= 0.6 is 0 Å². The van der Waals surface area contributed by atoms with Gasteiger partial charge in [-0.15, -0.1) is 0 Å². The minimum Gasteiger partial charge on any atom is -0.324 e. The summed E-state index contributed by atoms with van der Waals surface area (Å²) in [6.07, 6.45) is 8.97. The molecule has 0 aromatic heterocycles. The van der Waals surface area contributed by atoms with Crippen LogP contribution in [0.5, 0.6) is 0 Å². The molecule has 0 aliphatic rings. The van der Waals surface area contributed by atoms with Crippen LogP contribution < -0.4 is 5.73 Å². The topological polar surface area (TPSA) is 26.0 Å². The van der Waals surface area contributed by atoms with Gasteiger partial charge in [0.25, 0.3) is 0 Å². The Kier molecular flexibility index (Phi) is 7.50. The molecule has 0 spiro atoms. The highest BCUT2D eigenvalue weighted by Gasteiger charge is 2.00. The van der Waals surface area contributed by atoms with Crippen LogP contribution in [0.3, 0.4) is 0 Å². The summed E-state index contributed by atoms with van der Waals surface area (Å²) in [5, 5.41) is 0. The molecule has 82 valence electrons. The van der Waals surface area contributed by atoms with Crippen LogP contribution in [-0.4, -0.2) is 6.04 Å². The van der Waals surface area contributed by atoms with Crippen molar-refractivity contribution in [1.29, 1.82) is 0 Å². The third-order valence-electron chi connectivity index (χ3n) is 2.57. The van der Waals surface area contributed by atoms with Gasteiger partial charge in [0.15, 0.2) is 0 Å². The Morgan fingerprint density at radius 3 is 2.57 bits per heavy atom. The minimum atomic E-state index is 0.132. The second-order valence-electron chi connectivity index (χ2n) is 4.12. The highest BCUT2D eigenvalue weighted by Crippen LogP contribution is 2.11. The summed E-state index contributed by atoms with van der Waals surface area (Å²) in [6.45, 7) is 10.6. The van der Waals surface area contributed by atoms with Gasteiger partial charge in [-0.05, 0) is 24.3 Å². The Morgan fingerprint density at radius 1 is 1.43 bits per heavy atom. The lowest BCUT2D eigenvalue weighted by atomic mass is 10.0. The van der Waals surface area contributed by atoms with Gasteiger partial charge < -0.3 is 5.73 Å². The van der Waals surface area contributed by atoms with Crippen LogP contribution in [0.15, 0.2) is 24.3 Å². The Morgan fingerprint density at radius 2 is 2.07 bits per heavy atom. The van der Waals surface area contributed by atoms with Crippen LogP contribution in [0.25, 0.3) is 0 Å². The molecule has 0 aliphatic heterocycles. The Bertz CT molecular complexity index is 182. The van der Waals surface area contributed by atoms with Crippen LogP contribution in [0.1, 0.15) is 46.5 Å². The molecule has 0 aromatic rings. The van der Waals surface area contributed by atoms with Gasteiger partial charge in [-0.1, -0.05) is 52.3 Å². The van der Waals surface area contributed by atoms with E-state index in [0.717, 1.165) is 24.3 Å². The smallest absolute Gasteiger partial charge is 0.0286 e. The molecule has 2 N–H and O–H groups in total. The van der Waals surface area contributed by atoms with E-state index >= 15 is 0 Å². The van der Waals surface area contributed by atoms with Gasteiger partial charge in [0.2, 0.25) is 0 Å². The van der Waals surface area contributed by atoms with Crippen LogP contribution in [-0.2, 0) is 0 Å². The second-order valence-corrected chi connectivity index (χ2v) is 4.12. The molecule has 14 heavy (non-hydrogen) atoms. The lowest BCUT2D eigenvalue weighted by Crippen LogP contribution is -2.19. The third kappa shape index (κ3) is 5.98. The van der Waals surface area contributed by atoms with Gasteiger partial charge in [0, 0.05) is 6.04 Å². The SMILES string of the molecule is C=C(/C=C\CC(C)CCC)C(N)CC. The van der Waals surface area contributed by atoms with E-state index in [2.05, 4.69) is 39.5 Å². The van der Waals surface area contributed by atoms with Crippen molar-refractivity contribution in [2.24, 2.45) is 11.7 Å². The molecule has 0 fully saturated rings. The van der Waals surface area contributed by atoms with Crippen LogP contribution in [0.4, 0.5) is 0 Å². The maximum absolute atomic E-state index is 5.84. The highest BCUT2D eigenvalue weighted by molar-refractivity contribution is 5.20. The average Bonchev–Trinajstić information content (AvgIpc) is 2.16. The van der Waals surface area contributed by atoms with Gasteiger partial charge in [0.1, 0.15) is 0 Å². The molecule has 1 heteroatoms. The van der Waals surface area contributed by atoms with Crippen molar-refractivity contribution < 1.29 is 0 Å². The molecule has 2 atom stereocenters. The zero-order chi connectivity index (χ0) is 11.0. The first kappa shape index (κ1) is 13.4. The zero-order valence-electron chi connectivity index (χ0n) is 9.92. The maximum atomic E-state index is 5.84. The van der Waals surface area contributed by atoms with Crippen molar-refractivity contribution in [3.8, 4) is 0 Å². The fraction of sp³-hybridized carbons (Fsp3) is 0.692. The number of allylic oxidation sites excluding steroid dienone is 1. The predicted octanol–water partition coefficient (Wildman–Crippen LogP) is 3.66. The van der Waals surface area contributed by atoms with Gasteiger partial charge >= 0.3 is 0 Å². The first-order chi connectivity index (χ1) is 6.61. The molecular weight excluding hydrogens is 170 g/mol. The van der Waals surface area contributed by atoms with Gasteiger partial charge in [-0.3, -0.25) is 0 Å². The molecule has 0 aromatic carbocycles. The molecule has 0 rings (SSSR count). The van der Waals surface area contributed by atoms with Gasteiger partial charge in [-0.2, -0.15) is 0 Å². The Hall–Kier alpha value is -0.560. The number of nitrogens with two attached hydrogens (primary N) is 1. The van der Waals surface area contributed by atoms with Gasteiger partial charge in [-0.25, -0.2) is 0 Å². The van der Waals surface area contributed by atoms with Crippen molar-refractivity contribution in [2.75, 3.05) is 0 Å². The Balaban J connectivity index is 3.76. The van der Waals surface area contributed by atoms with E-state index in [1.54, 1.807) is 0 Å². The van der Waals surface area contributed by atoms with Crippen molar-refractivity contribution in [2.45, 2.75) is 52.5 Å². The quantitative estimate of drug-likeness (QED) is 0.616. The molecule has 1 nitrogen and oxygen atoms in total. The van der Waals surface area contributed by atoms with Crippen molar-refractivity contribution in [3.63, 3.8) is 0 Å². The standard InChI is InChI=1S/C13H25N/c1-5-8-11(3)9-7-10-12(4)13(14)6-2/h7,10-11,13H,4-6,8-9,14H2,1-3H3/b10-7-. The molecular formula is C13H25N. The predicted molar refractivity (Wildman–Crippen MR) is 65.2 cm³/mol. The normalized spacial score (nSPS) is 15.7. The fourth-order valence-electron chi connectivity index (χ4n) is 1.45. The molecule has 0 aliphatic carbocycles. The zero-order valence-corrected chi connectivity index (χ0v) is 9.92. The lowest BCUT2D eigenvalue weighted by Gasteiger charge is -2.09. The maximum Gasteiger partial charge on any atom is 0.0286 e. The molecule has 0 radical (unpaired) electrons. The summed E-state index contributed by atoms with van der Waals surface area (Å²) in [4.78, 5) is 0. The highest BCUT2D eigenvalue weighted by atomic mass is 14.6. The summed E-state index contributed by atoms with van der Waals surface area (Å²) in [5.74, 6) is 0.780.